The molecule has 2 aliphatic heterocycles. The molecule has 2 saturated heterocycles. The highest BCUT2D eigenvalue weighted by Crippen LogP contribution is 2.41. The van der Waals surface area contributed by atoms with E-state index in [4.69, 9.17) is 4.63 Å². The second kappa shape index (κ2) is 6.34. The molecule has 6 heteroatoms. The molecule has 0 N–H and O–H groups in total. The summed E-state index contributed by atoms with van der Waals surface area (Å²) in [7, 11) is 0. The minimum absolute atomic E-state index is 0.137. The van der Waals surface area contributed by atoms with Gasteiger partial charge < -0.3 is 4.90 Å². The minimum atomic E-state index is -0.137. The summed E-state index contributed by atoms with van der Waals surface area (Å²) in [5, 5.41) is 7.80. The minimum Gasteiger partial charge on any atom is -0.342 e. The summed E-state index contributed by atoms with van der Waals surface area (Å²) < 4.78 is 4.79. The van der Waals surface area contributed by atoms with Gasteiger partial charge in [0, 0.05) is 26.2 Å². The van der Waals surface area contributed by atoms with Crippen molar-refractivity contribution >= 4 is 16.9 Å². The van der Waals surface area contributed by atoms with Gasteiger partial charge in [-0.2, -0.15) is 0 Å². The van der Waals surface area contributed by atoms with Crippen LogP contribution in [0.4, 0.5) is 0 Å². The van der Waals surface area contributed by atoms with Gasteiger partial charge in [-0.25, -0.2) is 4.63 Å². The van der Waals surface area contributed by atoms with Crippen molar-refractivity contribution in [3.63, 3.8) is 0 Å². The van der Waals surface area contributed by atoms with Crippen LogP contribution in [-0.4, -0.2) is 52.2 Å². The number of benzene rings is 1. The number of hydrogen-bond donors (Lipinski definition) is 0. The molecule has 2 aromatic rings. The van der Waals surface area contributed by atoms with Gasteiger partial charge in [0.15, 0.2) is 0 Å². The molecule has 1 spiro atoms. The summed E-state index contributed by atoms with van der Waals surface area (Å²) in [6.07, 6.45) is 7.17. The summed E-state index contributed by atoms with van der Waals surface area (Å²) in [4.78, 5) is 17.8. The first-order valence-electron chi connectivity index (χ1n) is 9.95. The van der Waals surface area contributed by atoms with Crippen molar-refractivity contribution in [2.45, 2.75) is 45.1 Å². The Morgan fingerprint density at radius 1 is 1.12 bits per heavy atom. The van der Waals surface area contributed by atoms with Crippen LogP contribution in [0, 0.1) is 11.3 Å². The topological polar surface area (TPSA) is 62.5 Å². The van der Waals surface area contributed by atoms with Crippen LogP contribution in [0.3, 0.4) is 0 Å². The fraction of sp³-hybridized carbons (Fsp3) is 0.650. The molecule has 1 aromatic heterocycles. The van der Waals surface area contributed by atoms with Gasteiger partial charge in [-0.15, -0.1) is 0 Å². The van der Waals surface area contributed by atoms with Gasteiger partial charge in [0.25, 0.3) is 0 Å². The van der Waals surface area contributed by atoms with E-state index in [1.54, 1.807) is 0 Å². The van der Waals surface area contributed by atoms with Crippen molar-refractivity contribution in [3.05, 3.63) is 23.8 Å². The number of amides is 1. The highest BCUT2D eigenvalue weighted by molar-refractivity contribution is 5.84. The highest BCUT2D eigenvalue weighted by atomic mass is 16.6. The fourth-order valence-electron chi connectivity index (χ4n) is 4.97. The second-order valence-electron chi connectivity index (χ2n) is 8.48. The van der Waals surface area contributed by atoms with E-state index in [9.17, 15) is 4.79 Å². The van der Waals surface area contributed by atoms with Gasteiger partial charge in [-0.05, 0) is 72.6 Å². The lowest BCUT2D eigenvalue weighted by Crippen LogP contribution is -2.51. The number of piperidine rings is 1. The molecule has 1 unspecified atom stereocenters. The Morgan fingerprint density at radius 2 is 2.00 bits per heavy atom. The molecule has 3 fully saturated rings. The lowest BCUT2D eigenvalue weighted by molar-refractivity contribution is -0.146. The van der Waals surface area contributed by atoms with Gasteiger partial charge in [0.2, 0.25) is 5.91 Å². The maximum absolute atomic E-state index is 13.2. The number of fused-ring (bicyclic) bond motifs is 1. The average molecular weight is 354 g/mol. The van der Waals surface area contributed by atoms with Crippen LogP contribution >= 0.6 is 0 Å². The molecule has 3 aliphatic rings. The van der Waals surface area contributed by atoms with Crippen molar-refractivity contribution in [1.82, 2.24) is 20.1 Å². The van der Waals surface area contributed by atoms with Crippen molar-refractivity contribution in [2.24, 2.45) is 11.3 Å². The zero-order chi connectivity index (χ0) is 17.6. The lowest BCUT2D eigenvalue weighted by atomic mass is 9.77. The third kappa shape index (κ3) is 2.80. The Bertz CT molecular complexity index is 815. The first-order valence-corrected chi connectivity index (χ1v) is 9.95. The SMILES string of the molecule is O=C1N(CC2CCC2)CCCC12CCN(Cc1ccc3nonc3c1)C2. The van der Waals surface area contributed by atoms with Crippen LogP contribution < -0.4 is 0 Å². The molecule has 0 radical (unpaired) electrons. The Hall–Kier alpha value is -1.95. The molecule has 5 rings (SSSR count). The van der Waals surface area contributed by atoms with E-state index in [1.807, 2.05) is 12.1 Å². The van der Waals surface area contributed by atoms with E-state index in [-0.39, 0.29) is 5.41 Å². The van der Waals surface area contributed by atoms with Crippen LogP contribution in [0.2, 0.25) is 0 Å². The summed E-state index contributed by atoms with van der Waals surface area (Å²) >= 11 is 0. The van der Waals surface area contributed by atoms with E-state index in [0.29, 0.717) is 5.91 Å². The Kier molecular flexibility index (Phi) is 3.96. The standard InChI is InChI=1S/C20H26N4O2/c25-19-20(7-2-9-24(19)13-15-3-1-4-15)8-10-23(14-20)12-16-5-6-17-18(11-16)22-26-21-17/h5-6,11,15H,1-4,7-10,12-14H2. The Balaban J connectivity index is 1.26. The number of carbonyl (C=O) groups excluding carboxylic acids is 1. The quantitative estimate of drug-likeness (QED) is 0.845. The Morgan fingerprint density at radius 3 is 2.85 bits per heavy atom. The van der Waals surface area contributed by atoms with Crippen molar-refractivity contribution in [3.8, 4) is 0 Å². The molecule has 1 atom stereocenters. The van der Waals surface area contributed by atoms with Crippen molar-refractivity contribution in [2.75, 3.05) is 26.2 Å². The maximum atomic E-state index is 13.2. The van der Waals surface area contributed by atoms with Crippen molar-refractivity contribution in [1.29, 1.82) is 0 Å². The van der Waals surface area contributed by atoms with Crippen molar-refractivity contribution < 1.29 is 9.42 Å². The summed E-state index contributed by atoms with van der Waals surface area (Å²) in [6, 6.07) is 6.09. The molecule has 1 aromatic carbocycles. The largest absolute Gasteiger partial charge is 0.342 e. The molecule has 3 heterocycles. The predicted octanol–water partition coefficient (Wildman–Crippen LogP) is 2.84. The zero-order valence-electron chi connectivity index (χ0n) is 15.2. The third-order valence-corrected chi connectivity index (χ3v) is 6.68. The highest BCUT2D eigenvalue weighted by Gasteiger charge is 2.48. The van der Waals surface area contributed by atoms with Crippen LogP contribution in [0.15, 0.2) is 22.8 Å². The molecule has 6 nitrogen and oxygen atoms in total. The smallest absolute Gasteiger partial charge is 0.230 e. The number of likely N-dealkylation sites (tertiary alicyclic amines) is 2. The van der Waals surface area contributed by atoms with E-state index in [2.05, 4.69) is 26.2 Å². The van der Waals surface area contributed by atoms with Crippen LogP contribution in [0.5, 0.6) is 0 Å². The summed E-state index contributed by atoms with van der Waals surface area (Å²) in [5.74, 6) is 1.18. The lowest BCUT2D eigenvalue weighted by Gasteiger charge is -2.42. The zero-order valence-corrected chi connectivity index (χ0v) is 15.2. The van der Waals surface area contributed by atoms with Crippen LogP contribution in [0.1, 0.15) is 44.1 Å². The molecule has 1 saturated carbocycles. The molecule has 1 aliphatic carbocycles. The monoisotopic (exact) mass is 354 g/mol. The molecule has 26 heavy (non-hydrogen) atoms. The number of nitrogens with zero attached hydrogens (tertiary/aromatic N) is 4. The number of rotatable bonds is 4. The molecule has 0 bridgehead atoms. The summed E-state index contributed by atoms with van der Waals surface area (Å²) in [6.45, 7) is 4.71. The van der Waals surface area contributed by atoms with Crippen LogP contribution in [0.25, 0.3) is 11.0 Å². The first kappa shape index (κ1) is 16.2. The van der Waals surface area contributed by atoms with Gasteiger partial charge in [0.05, 0.1) is 5.41 Å². The maximum Gasteiger partial charge on any atom is 0.230 e. The molecular weight excluding hydrogens is 328 g/mol. The third-order valence-electron chi connectivity index (χ3n) is 6.68. The normalized spacial score (nSPS) is 27.5. The van der Waals surface area contributed by atoms with E-state index >= 15 is 0 Å². The van der Waals surface area contributed by atoms with E-state index in [0.717, 1.165) is 68.9 Å². The van der Waals surface area contributed by atoms with Gasteiger partial charge >= 0.3 is 0 Å². The van der Waals surface area contributed by atoms with E-state index < -0.39 is 0 Å². The van der Waals surface area contributed by atoms with Gasteiger partial charge in [-0.3, -0.25) is 9.69 Å². The average Bonchev–Trinajstić information content (AvgIpc) is 3.22. The van der Waals surface area contributed by atoms with E-state index in [1.165, 1.54) is 24.8 Å². The number of carbonyl (C=O) groups is 1. The molecule has 1 amide bonds. The second-order valence-corrected chi connectivity index (χ2v) is 8.48. The van der Waals surface area contributed by atoms with Gasteiger partial charge in [0.1, 0.15) is 11.0 Å². The van der Waals surface area contributed by atoms with Gasteiger partial charge in [-0.1, -0.05) is 12.5 Å². The first-order chi connectivity index (χ1) is 12.7. The fourth-order valence-corrected chi connectivity index (χ4v) is 4.97. The summed E-state index contributed by atoms with van der Waals surface area (Å²) in [5.41, 5.74) is 2.67. The molecular formula is C20H26N4O2. The number of hydrogen-bond acceptors (Lipinski definition) is 5. The predicted molar refractivity (Wildman–Crippen MR) is 97.3 cm³/mol. The Labute approximate surface area is 153 Å². The van der Waals surface area contributed by atoms with Crippen LogP contribution in [-0.2, 0) is 11.3 Å². The molecule has 138 valence electrons. The number of aromatic nitrogens is 2.